The lowest BCUT2D eigenvalue weighted by Crippen LogP contribution is -2.60. The first-order chi connectivity index (χ1) is 17.9. The first kappa shape index (κ1) is 31.0. The predicted octanol–water partition coefficient (Wildman–Crippen LogP) is 2.97. The van der Waals surface area contributed by atoms with E-state index in [0.717, 1.165) is 25.7 Å². The van der Waals surface area contributed by atoms with Gasteiger partial charge < -0.3 is 29.7 Å². The number of rotatable bonds is 9. The van der Waals surface area contributed by atoms with Gasteiger partial charge in [-0.2, -0.15) is 0 Å². The van der Waals surface area contributed by atoms with Crippen LogP contribution in [0.15, 0.2) is 0 Å². The topological polar surface area (TPSA) is 134 Å². The third-order valence-electron chi connectivity index (χ3n) is 9.22. The smallest absolute Gasteiger partial charge is 0.329 e. The van der Waals surface area contributed by atoms with Crippen molar-refractivity contribution in [2.24, 2.45) is 23.7 Å². The van der Waals surface area contributed by atoms with Crippen LogP contribution in [0.2, 0.25) is 0 Å². The van der Waals surface area contributed by atoms with Crippen molar-refractivity contribution < 1.29 is 39.2 Å². The maximum absolute atomic E-state index is 13.5. The number of hydrogen-bond donors (Lipinski definition) is 3. The Balaban J connectivity index is 1.71. The summed E-state index contributed by atoms with van der Waals surface area (Å²) in [4.78, 5) is 41.4. The molecule has 1 aliphatic carbocycles. The third-order valence-corrected chi connectivity index (χ3v) is 9.22. The first-order valence-corrected chi connectivity index (χ1v) is 14.7. The molecule has 2 heterocycles. The molecule has 9 nitrogen and oxygen atoms in total. The molecule has 0 radical (unpaired) electrons. The molecule has 10 unspecified atom stereocenters. The molecular weight excluding hydrogens is 490 g/mol. The summed E-state index contributed by atoms with van der Waals surface area (Å²) >= 11 is 0. The Morgan fingerprint density at radius 2 is 1.71 bits per heavy atom. The Morgan fingerprint density at radius 1 is 1.00 bits per heavy atom. The van der Waals surface area contributed by atoms with Gasteiger partial charge >= 0.3 is 5.97 Å². The Bertz CT molecular complexity index is 835. The summed E-state index contributed by atoms with van der Waals surface area (Å²) in [5, 5.41) is 31.0. The van der Waals surface area contributed by atoms with Gasteiger partial charge in [-0.15, -0.1) is 0 Å². The van der Waals surface area contributed by atoms with Gasteiger partial charge in [-0.1, -0.05) is 34.1 Å². The molecule has 0 bridgehead atoms. The molecule has 1 saturated carbocycles. The number of nitrogens with zero attached hydrogens (tertiary/aromatic N) is 1. The second-order valence-electron chi connectivity index (χ2n) is 12.3. The van der Waals surface area contributed by atoms with Gasteiger partial charge in [0.25, 0.3) is 11.7 Å². The van der Waals surface area contributed by atoms with E-state index >= 15 is 0 Å². The number of aliphatic hydroxyl groups excluding tert-OH is 2. The molecule has 0 aromatic carbocycles. The number of aliphatic hydroxyl groups is 3. The van der Waals surface area contributed by atoms with Crippen LogP contribution in [0.4, 0.5) is 0 Å². The summed E-state index contributed by atoms with van der Waals surface area (Å²) in [6, 6.07) is -0.884. The molecule has 2 saturated heterocycles. The van der Waals surface area contributed by atoms with E-state index in [9.17, 15) is 29.7 Å². The SMILES string of the molecule is CCC(C)C(OC(=O)C1CCCCN1C(=O)C(=O)C1(O)OC(C)CCC1C)C(C)CC1CCC(O)C(O)C1. The van der Waals surface area contributed by atoms with E-state index in [1.165, 1.54) is 4.90 Å². The van der Waals surface area contributed by atoms with Crippen molar-refractivity contribution in [3.05, 3.63) is 0 Å². The summed E-state index contributed by atoms with van der Waals surface area (Å²) in [6.45, 7) is 9.84. The quantitative estimate of drug-likeness (QED) is 0.301. The summed E-state index contributed by atoms with van der Waals surface area (Å²) < 4.78 is 11.7. The monoisotopic (exact) mass is 539 g/mol. The van der Waals surface area contributed by atoms with Crippen molar-refractivity contribution in [1.82, 2.24) is 4.90 Å². The van der Waals surface area contributed by atoms with E-state index in [1.807, 2.05) is 20.8 Å². The van der Waals surface area contributed by atoms with Gasteiger partial charge in [-0.05, 0) is 82.5 Å². The lowest BCUT2D eigenvalue weighted by molar-refractivity contribution is -0.259. The Morgan fingerprint density at radius 3 is 2.37 bits per heavy atom. The van der Waals surface area contributed by atoms with Gasteiger partial charge in [0.2, 0.25) is 5.79 Å². The molecule has 0 aromatic rings. The number of esters is 1. The average molecular weight is 540 g/mol. The second kappa shape index (κ2) is 13.2. The Hall–Kier alpha value is -1.55. The van der Waals surface area contributed by atoms with E-state index in [4.69, 9.17) is 9.47 Å². The molecule has 10 atom stereocenters. The van der Waals surface area contributed by atoms with Gasteiger partial charge in [-0.3, -0.25) is 9.59 Å². The normalized spacial score (nSPS) is 36.7. The highest BCUT2D eigenvalue weighted by molar-refractivity contribution is 6.39. The van der Waals surface area contributed by atoms with Crippen LogP contribution < -0.4 is 0 Å². The number of hydrogen-bond acceptors (Lipinski definition) is 8. The number of piperidine rings is 1. The zero-order valence-electron chi connectivity index (χ0n) is 23.8. The van der Waals surface area contributed by atoms with Crippen molar-refractivity contribution in [2.45, 2.75) is 135 Å². The number of likely N-dealkylation sites (tertiary alicyclic amines) is 1. The van der Waals surface area contributed by atoms with Gasteiger partial charge in [0.1, 0.15) is 12.1 Å². The molecule has 3 rings (SSSR count). The Kier molecular flexibility index (Phi) is 10.8. The highest BCUT2D eigenvalue weighted by Gasteiger charge is 2.52. The van der Waals surface area contributed by atoms with Crippen LogP contribution in [-0.4, -0.2) is 80.7 Å². The maximum Gasteiger partial charge on any atom is 0.329 e. The minimum Gasteiger partial charge on any atom is -0.460 e. The largest absolute Gasteiger partial charge is 0.460 e. The molecule has 3 fully saturated rings. The zero-order chi connectivity index (χ0) is 28.2. The molecule has 38 heavy (non-hydrogen) atoms. The molecule has 0 aromatic heterocycles. The highest BCUT2D eigenvalue weighted by atomic mass is 16.6. The number of amides is 1. The lowest BCUT2D eigenvalue weighted by Gasteiger charge is -2.41. The number of ketones is 1. The van der Waals surface area contributed by atoms with Crippen molar-refractivity contribution in [1.29, 1.82) is 0 Å². The lowest BCUT2D eigenvalue weighted by atomic mass is 9.77. The second-order valence-corrected chi connectivity index (χ2v) is 12.3. The summed E-state index contributed by atoms with van der Waals surface area (Å²) in [5.74, 6) is -4.79. The van der Waals surface area contributed by atoms with E-state index in [2.05, 4.69) is 0 Å². The fourth-order valence-corrected chi connectivity index (χ4v) is 6.47. The summed E-state index contributed by atoms with van der Waals surface area (Å²) in [5.41, 5.74) is 0. The molecule has 0 spiro atoms. The fourth-order valence-electron chi connectivity index (χ4n) is 6.47. The van der Waals surface area contributed by atoms with Crippen LogP contribution in [0.1, 0.15) is 98.8 Å². The van der Waals surface area contributed by atoms with Gasteiger partial charge in [0, 0.05) is 12.5 Å². The first-order valence-electron chi connectivity index (χ1n) is 14.7. The molecule has 2 aliphatic heterocycles. The third kappa shape index (κ3) is 6.95. The van der Waals surface area contributed by atoms with E-state index < -0.39 is 47.6 Å². The van der Waals surface area contributed by atoms with Crippen molar-refractivity contribution >= 4 is 17.7 Å². The van der Waals surface area contributed by atoms with Crippen molar-refractivity contribution in [2.75, 3.05) is 6.54 Å². The number of Topliss-reactive ketones (excluding diaryl/α,β-unsaturated/α-hetero) is 1. The molecule has 3 N–H and O–H groups in total. The highest BCUT2D eigenvalue weighted by Crippen LogP contribution is 2.36. The van der Waals surface area contributed by atoms with Gasteiger partial charge in [0.15, 0.2) is 0 Å². The maximum atomic E-state index is 13.5. The van der Waals surface area contributed by atoms with Crippen LogP contribution in [0.25, 0.3) is 0 Å². The Labute approximate surface area is 227 Å². The number of carbonyl (C=O) groups is 3. The van der Waals surface area contributed by atoms with Crippen LogP contribution in [0.3, 0.4) is 0 Å². The summed E-state index contributed by atoms with van der Waals surface area (Å²) in [7, 11) is 0. The average Bonchev–Trinajstić information content (AvgIpc) is 2.90. The van der Waals surface area contributed by atoms with E-state index in [-0.39, 0.29) is 36.5 Å². The fraction of sp³-hybridized carbons (Fsp3) is 0.897. The molecule has 1 amide bonds. The predicted molar refractivity (Wildman–Crippen MR) is 141 cm³/mol. The van der Waals surface area contributed by atoms with Crippen molar-refractivity contribution in [3.8, 4) is 0 Å². The molecule has 218 valence electrons. The molecule has 9 heteroatoms. The minimum absolute atomic E-state index is 0.0226. The van der Waals surface area contributed by atoms with Crippen molar-refractivity contribution in [3.63, 3.8) is 0 Å². The van der Waals surface area contributed by atoms with E-state index in [1.54, 1.807) is 13.8 Å². The van der Waals surface area contributed by atoms with Gasteiger partial charge in [0.05, 0.1) is 18.3 Å². The summed E-state index contributed by atoms with van der Waals surface area (Å²) in [6.07, 6.45) is 4.41. The molecule has 3 aliphatic rings. The van der Waals surface area contributed by atoms with E-state index in [0.29, 0.717) is 38.5 Å². The minimum atomic E-state index is -2.19. The van der Waals surface area contributed by atoms with Crippen LogP contribution in [0.5, 0.6) is 0 Å². The molecular formula is C29H49NO8. The zero-order valence-corrected chi connectivity index (χ0v) is 23.8. The number of carbonyl (C=O) groups excluding carboxylic acids is 3. The van der Waals surface area contributed by atoms with Crippen LogP contribution >= 0.6 is 0 Å². The van der Waals surface area contributed by atoms with Gasteiger partial charge in [-0.25, -0.2) is 4.79 Å². The van der Waals surface area contributed by atoms with Crippen LogP contribution in [-0.2, 0) is 23.9 Å². The number of ether oxygens (including phenoxy) is 2. The van der Waals surface area contributed by atoms with Crippen LogP contribution in [0, 0.1) is 23.7 Å². The standard InChI is InChI=1S/C29H49NO8/c1-6-17(2)25(18(3)15-21-12-13-23(31)24(32)16-21)37-28(35)22-9-7-8-14-30(22)27(34)26(33)29(36)19(4)10-11-20(5)38-29/h17-25,31-32,36H,6-16H2,1-5H3.